The second-order valence-electron chi connectivity index (χ2n) is 3.99. The summed E-state index contributed by atoms with van der Waals surface area (Å²) in [7, 11) is 0. The van der Waals surface area contributed by atoms with Crippen molar-refractivity contribution in [1.29, 1.82) is 0 Å². The van der Waals surface area contributed by atoms with Crippen LogP contribution in [0.25, 0.3) is 11.1 Å². The maximum absolute atomic E-state index is 11.1. The van der Waals surface area contributed by atoms with Gasteiger partial charge in [-0.25, -0.2) is 0 Å². The summed E-state index contributed by atoms with van der Waals surface area (Å²) >= 11 is 0. The number of rotatable bonds is 4. The number of hydrogen-bond acceptors (Lipinski definition) is 6. The molecule has 0 heterocycles. The molecular weight excluding hydrogens is 282 g/mol. The van der Waals surface area contributed by atoms with Crippen molar-refractivity contribution in [3.05, 3.63) is 72.8 Å². The van der Waals surface area contributed by atoms with Gasteiger partial charge in [-0.05, 0) is 23.8 Å². The lowest BCUT2D eigenvalue weighted by Gasteiger charge is -2.03. The third-order valence-electron chi connectivity index (χ3n) is 2.78. The van der Waals surface area contributed by atoms with Crippen LogP contribution in [0.2, 0.25) is 0 Å². The monoisotopic (exact) mass is 289 g/mol. The highest BCUT2D eigenvalue weighted by molar-refractivity contribution is 5.79. The fourth-order valence-electron chi connectivity index (χ4n) is 1.87. The Morgan fingerprint density at radius 1 is 0.714 bits per heavy atom. The Labute approximate surface area is 116 Å². The first-order chi connectivity index (χ1) is 9.91. The lowest BCUT2D eigenvalue weighted by atomic mass is 10.0. The number of nitro groups is 3. The summed E-state index contributed by atoms with van der Waals surface area (Å²) in [6, 6.07) is 8.69. The van der Waals surface area contributed by atoms with Crippen LogP contribution in [0.4, 0.5) is 17.1 Å². The molecule has 0 saturated carbocycles. The molecule has 0 spiro atoms. The molecule has 9 nitrogen and oxygen atoms in total. The Hall–Kier alpha value is -3.36. The average molecular weight is 289 g/mol. The van der Waals surface area contributed by atoms with Gasteiger partial charge in [-0.1, -0.05) is 6.07 Å². The fraction of sp³-hybridized carbons (Fsp3) is 0. The molecule has 106 valence electrons. The summed E-state index contributed by atoms with van der Waals surface area (Å²) in [5.74, 6) is 0. The van der Waals surface area contributed by atoms with Crippen molar-refractivity contribution >= 4 is 17.1 Å². The van der Waals surface area contributed by atoms with Crippen LogP contribution in [0.3, 0.4) is 0 Å². The Balaban J connectivity index is 2.63. The number of benzene rings is 2. The van der Waals surface area contributed by atoms with Crippen molar-refractivity contribution in [2.24, 2.45) is 0 Å². The highest BCUT2D eigenvalue weighted by Gasteiger charge is 2.28. The molecule has 0 aliphatic heterocycles. The molecule has 0 bridgehead atoms. The van der Waals surface area contributed by atoms with Crippen LogP contribution < -0.4 is 0 Å². The third-order valence-corrected chi connectivity index (χ3v) is 2.78. The summed E-state index contributed by atoms with van der Waals surface area (Å²) in [5.41, 5.74) is -1.13. The first kappa shape index (κ1) is 14.1. The number of hydrogen-bond donors (Lipinski definition) is 0. The SMILES string of the molecule is O=[N+]([O-])c1ccc(-c2cccc([N+](=O)[O-])c2[N+](=O)[O-])cc1. The zero-order chi connectivity index (χ0) is 15.6. The number of nitrogens with zero attached hydrogens (tertiary/aromatic N) is 3. The molecule has 2 aromatic rings. The third kappa shape index (κ3) is 2.66. The van der Waals surface area contributed by atoms with Crippen molar-refractivity contribution in [2.45, 2.75) is 0 Å². The highest BCUT2D eigenvalue weighted by Crippen LogP contribution is 2.37. The lowest BCUT2D eigenvalue weighted by molar-refractivity contribution is -0.422. The number of nitro benzene ring substituents is 3. The lowest BCUT2D eigenvalue weighted by Crippen LogP contribution is -1.98. The smallest absolute Gasteiger partial charge is 0.258 e. The summed E-state index contributed by atoms with van der Waals surface area (Å²) in [5, 5.41) is 32.5. The van der Waals surface area contributed by atoms with Gasteiger partial charge in [-0.3, -0.25) is 30.3 Å². The van der Waals surface area contributed by atoms with E-state index in [0.29, 0.717) is 0 Å². The Morgan fingerprint density at radius 3 is 1.81 bits per heavy atom. The second kappa shape index (κ2) is 5.33. The van der Waals surface area contributed by atoms with Crippen molar-refractivity contribution in [1.82, 2.24) is 0 Å². The molecule has 2 rings (SSSR count). The van der Waals surface area contributed by atoms with Gasteiger partial charge in [0.25, 0.3) is 5.69 Å². The molecule has 0 saturated heterocycles. The second-order valence-corrected chi connectivity index (χ2v) is 3.99. The summed E-state index contributed by atoms with van der Waals surface area (Å²) in [6.45, 7) is 0. The van der Waals surface area contributed by atoms with Crippen LogP contribution in [-0.4, -0.2) is 14.8 Å². The van der Waals surface area contributed by atoms with E-state index < -0.39 is 26.1 Å². The van der Waals surface area contributed by atoms with E-state index in [1.807, 2.05) is 0 Å². The van der Waals surface area contributed by atoms with Gasteiger partial charge in [0.2, 0.25) is 0 Å². The van der Waals surface area contributed by atoms with Gasteiger partial charge >= 0.3 is 11.4 Å². The van der Waals surface area contributed by atoms with E-state index in [9.17, 15) is 30.3 Å². The van der Waals surface area contributed by atoms with Gasteiger partial charge < -0.3 is 0 Å². The molecular formula is C12H7N3O6. The fourth-order valence-corrected chi connectivity index (χ4v) is 1.87. The average Bonchev–Trinajstić information content (AvgIpc) is 2.46. The summed E-state index contributed by atoms with van der Waals surface area (Å²) in [4.78, 5) is 30.2. The molecule has 0 aromatic heterocycles. The molecule has 0 fully saturated rings. The zero-order valence-electron chi connectivity index (χ0n) is 10.3. The van der Waals surface area contributed by atoms with Crippen molar-refractivity contribution in [3.8, 4) is 11.1 Å². The van der Waals surface area contributed by atoms with Crippen LogP contribution in [-0.2, 0) is 0 Å². The topological polar surface area (TPSA) is 129 Å². The van der Waals surface area contributed by atoms with E-state index in [-0.39, 0.29) is 16.8 Å². The molecule has 0 aliphatic carbocycles. The minimum Gasteiger partial charge on any atom is -0.258 e. The largest absolute Gasteiger partial charge is 0.353 e. The van der Waals surface area contributed by atoms with Gasteiger partial charge in [0.1, 0.15) is 0 Å². The molecule has 0 aliphatic rings. The van der Waals surface area contributed by atoms with E-state index in [2.05, 4.69) is 0 Å². The molecule has 9 heteroatoms. The van der Waals surface area contributed by atoms with E-state index in [0.717, 1.165) is 6.07 Å². The molecule has 0 radical (unpaired) electrons. The molecule has 0 unspecified atom stereocenters. The maximum atomic E-state index is 11.1. The van der Waals surface area contributed by atoms with E-state index in [1.165, 1.54) is 36.4 Å². The van der Waals surface area contributed by atoms with Gasteiger partial charge in [0.15, 0.2) is 0 Å². The summed E-state index contributed by atoms with van der Waals surface area (Å²) in [6.07, 6.45) is 0. The number of para-hydroxylation sites is 1. The Morgan fingerprint density at radius 2 is 1.33 bits per heavy atom. The standard InChI is InChI=1S/C12H7N3O6/c16-13(17)9-6-4-8(5-7-9)10-2-1-3-11(14(18)19)12(10)15(20)21/h1-7H. The highest BCUT2D eigenvalue weighted by atomic mass is 16.6. The van der Waals surface area contributed by atoms with Crippen LogP contribution in [0.1, 0.15) is 0 Å². The zero-order valence-corrected chi connectivity index (χ0v) is 10.3. The minimum atomic E-state index is -0.840. The van der Waals surface area contributed by atoms with Crippen molar-refractivity contribution in [2.75, 3.05) is 0 Å². The van der Waals surface area contributed by atoms with Crippen LogP contribution >= 0.6 is 0 Å². The maximum Gasteiger partial charge on any atom is 0.353 e. The van der Waals surface area contributed by atoms with E-state index in [4.69, 9.17) is 0 Å². The van der Waals surface area contributed by atoms with Crippen LogP contribution in [0.15, 0.2) is 42.5 Å². The quantitative estimate of drug-likeness (QED) is 0.628. The van der Waals surface area contributed by atoms with Crippen LogP contribution in [0.5, 0.6) is 0 Å². The van der Waals surface area contributed by atoms with E-state index >= 15 is 0 Å². The van der Waals surface area contributed by atoms with Gasteiger partial charge in [0, 0.05) is 18.2 Å². The number of non-ortho nitro benzene ring substituents is 1. The van der Waals surface area contributed by atoms with E-state index in [1.54, 1.807) is 0 Å². The Kier molecular flexibility index (Phi) is 3.57. The van der Waals surface area contributed by atoms with Crippen molar-refractivity contribution < 1.29 is 14.8 Å². The first-order valence-electron chi connectivity index (χ1n) is 5.58. The summed E-state index contributed by atoms with van der Waals surface area (Å²) < 4.78 is 0. The molecule has 0 N–H and O–H groups in total. The predicted octanol–water partition coefficient (Wildman–Crippen LogP) is 3.08. The van der Waals surface area contributed by atoms with Gasteiger partial charge in [-0.15, -0.1) is 0 Å². The van der Waals surface area contributed by atoms with Gasteiger partial charge in [-0.2, -0.15) is 0 Å². The molecule has 2 aromatic carbocycles. The van der Waals surface area contributed by atoms with Crippen LogP contribution in [0, 0.1) is 30.3 Å². The minimum absolute atomic E-state index is 0.0316. The van der Waals surface area contributed by atoms with Crippen molar-refractivity contribution in [3.63, 3.8) is 0 Å². The molecule has 0 amide bonds. The normalized spacial score (nSPS) is 10.1. The Bertz CT molecular complexity index is 741. The first-order valence-corrected chi connectivity index (χ1v) is 5.58. The molecule has 0 atom stereocenters. The molecule has 21 heavy (non-hydrogen) atoms. The van der Waals surface area contributed by atoms with Gasteiger partial charge in [0.05, 0.1) is 20.3 Å². The predicted molar refractivity (Wildman–Crippen MR) is 71.8 cm³/mol.